The number of rotatable bonds is 5. The Hall–Kier alpha value is -0.0900. The zero-order valence-electron chi connectivity index (χ0n) is 10.1. The largest absolute Gasteiger partial charge is 0.313 e. The summed E-state index contributed by atoms with van der Waals surface area (Å²) >= 11 is 2.48. The van der Waals surface area contributed by atoms with E-state index in [-0.39, 0.29) is 0 Å². The maximum Gasteiger partial charge on any atom is 0.0328 e. The van der Waals surface area contributed by atoms with Gasteiger partial charge in [0.05, 0.1) is 0 Å². The lowest BCUT2D eigenvalue weighted by Crippen LogP contribution is -2.18. The highest BCUT2D eigenvalue weighted by molar-refractivity contribution is 14.1. The van der Waals surface area contributed by atoms with Gasteiger partial charge >= 0.3 is 0 Å². The Labute approximate surface area is 112 Å². The fourth-order valence-corrected chi connectivity index (χ4v) is 2.94. The predicted molar refractivity (Wildman–Crippen MR) is 77.7 cm³/mol. The van der Waals surface area contributed by atoms with E-state index in [1.807, 2.05) is 0 Å². The summed E-state index contributed by atoms with van der Waals surface area (Å²) in [5.41, 5.74) is 2.87. The van der Waals surface area contributed by atoms with Gasteiger partial charge in [-0.15, -0.1) is 0 Å². The van der Waals surface area contributed by atoms with Crippen LogP contribution in [-0.4, -0.2) is 7.05 Å². The van der Waals surface area contributed by atoms with Crippen LogP contribution in [0.1, 0.15) is 42.9 Å². The molecule has 2 rings (SSSR count). The highest BCUT2D eigenvalue weighted by Crippen LogP contribution is 2.36. The van der Waals surface area contributed by atoms with Crippen molar-refractivity contribution in [1.82, 2.24) is 5.32 Å². The van der Waals surface area contributed by atoms with E-state index in [2.05, 4.69) is 60.1 Å². The van der Waals surface area contributed by atoms with Crippen LogP contribution in [0, 0.1) is 16.4 Å². The molecule has 0 radical (unpaired) electrons. The molecule has 0 spiro atoms. The number of aryl methyl sites for hydroxylation is 1. The molecule has 1 fully saturated rings. The van der Waals surface area contributed by atoms with E-state index in [0.29, 0.717) is 6.04 Å². The molecule has 1 N–H and O–H groups in total. The van der Waals surface area contributed by atoms with E-state index in [1.54, 1.807) is 0 Å². The van der Waals surface area contributed by atoms with Gasteiger partial charge in [-0.25, -0.2) is 0 Å². The van der Waals surface area contributed by atoms with Crippen LogP contribution in [0.5, 0.6) is 0 Å². The van der Waals surface area contributed by atoms with E-state index >= 15 is 0 Å². The number of benzene rings is 1. The Morgan fingerprint density at radius 2 is 2.19 bits per heavy atom. The van der Waals surface area contributed by atoms with Crippen LogP contribution in [0.4, 0.5) is 0 Å². The van der Waals surface area contributed by atoms with Crippen LogP contribution in [-0.2, 0) is 0 Å². The number of hydrogen-bond donors (Lipinski definition) is 1. The smallest absolute Gasteiger partial charge is 0.0328 e. The van der Waals surface area contributed by atoms with Crippen molar-refractivity contribution < 1.29 is 0 Å². The standard InChI is InChI=1S/C14H20IN/c1-10-4-3-5-12(14(10)15)13(16-2)9-8-11-6-7-11/h3-5,11,13,16H,6-9H2,1-2H3. The quantitative estimate of drug-likeness (QED) is 0.804. The number of nitrogens with one attached hydrogen (secondary N) is 1. The molecule has 16 heavy (non-hydrogen) atoms. The third kappa shape index (κ3) is 2.98. The summed E-state index contributed by atoms with van der Waals surface area (Å²) < 4.78 is 1.43. The van der Waals surface area contributed by atoms with Crippen molar-refractivity contribution in [2.45, 2.75) is 38.6 Å². The fraction of sp³-hybridized carbons (Fsp3) is 0.571. The van der Waals surface area contributed by atoms with Gasteiger partial charge in [-0.1, -0.05) is 31.0 Å². The molecule has 0 bridgehead atoms. The van der Waals surface area contributed by atoms with E-state index in [1.165, 1.54) is 40.4 Å². The molecule has 1 saturated carbocycles. The van der Waals surface area contributed by atoms with Gasteiger partial charge in [-0.2, -0.15) is 0 Å². The van der Waals surface area contributed by atoms with E-state index in [0.717, 1.165) is 5.92 Å². The molecular formula is C14H20IN. The van der Waals surface area contributed by atoms with Gasteiger partial charge in [0, 0.05) is 9.61 Å². The first kappa shape index (κ1) is 12.4. The first-order valence-corrected chi connectivity index (χ1v) is 7.22. The van der Waals surface area contributed by atoms with Gasteiger partial charge in [-0.05, 0) is 66.4 Å². The molecule has 1 aliphatic rings. The molecule has 1 atom stereocenters. The summed E-state index contributed by atoms with van der Waals surface area (Å²) in [6, 6.07) is 7.17. The molecule has 1 unspecified atom stereocenters. The lowest BCUT2D eigenvalue weighted by molar-refractivity contribution is 0.504. The van der Waals surface area contributed by atoms with Gasteiger partial charge < -0.3 is 5.32 Å². The minimum Gasteiger partial charge on any atom is -0.313 e. The maximum atomic E-state index is 3.46. The second kappa shape index (κ2) is 5.50. The van der Waals surface area contributed by atoms with Gasteiger partial charge in [0.15, 0.2) is 0 Å². The maximum absolute atomic E-state index is 3.46. The van der Waals surface area contributed by atoms with Crippen LogP contribution < -0.4 is 5.32 Å². The highest BCUT2D eigenvalue weighted by Gasteiger charge is 2.23. The lowest BCUT2D eigenvalue weighted by atomic mass is 9.99. The summed E-state index contributed by atoms with van der Waals surface area (Å²) in [6.07, 6.45) is 5.58. The second-order valence-electron chi connectivity index (χ2n) is 4.84. The minimum absolute atomic E-state index is 0.535. The molecule has 1 aliphatic carbocycles. The molecular weight excluding hydrogens is 309 g/mol. The third-order valence-electron chi connectivity index (χ3n) is 3.51. The molecule has 0 saturated heterocycles. The Bertz CT molecular complexity index is 358. The van der Waals surface area contributed by atoms with Gasteiger partial charge in [0.2, 0.25) is 0 Å². The SMILES string of the molecule is CNC(CCC1CC1)c1cccc(C)c1I. The van der Waals surface area contributed by atoms with Crippen molar-refractivity contribution in [1.29, 1.82) is 0 Å². The summed E-state index contributed by atoms with van der Waals surface area (Å²) in [4.78, 5) is 0. The third-order valence-corrected chi connectivity index (χ3v) is 4.98. The number of hydrogen-bond acceptors (Lipinski definition) is 1. The van der Waals surface area contributed by atoms with Gasteiger partial charge in [0.25, 0.3) is 0 Å². The Morgan fingerprint density at radius 1 is 1.44 bits per heavy atom. The molecule has 88 valence electrons. The molecule has 2 heteroatoms. The summed E-state index contributed by atoms with van der Waals surface area (Å²) in [5, 5.41) is 3.46. The van der Waals surface area contributed by atoms with Crippen LogP contribution in [0.25, 0.3) is 0 Å². The molecule has 1 aromatic carbocycles. The average molecular weight is 329 g/mol. The van der Waals surface area contributed by atoms with E-state index in [9.17, 15) is 0 Å². The average Bonchev–Trinajstić information content (AvgIpc) is 3.08. The zero-order valence-corrected chi connectivity index (χ0v) is 12.3. The monoisotopic (exact) mass is 329 g/mol. The number of halogens is 1. The van der Waals surface area contributed by atoms with Crippen LogP contribution >= 0.6 is 22.6 Å². The Kier molecular flexibility index (Phi) is 4.25. The Balaban J connectivity index is 2.08. The topological polar surface area (TPSA) is 12.0 Å². The van der Waals surface area contributed by atoms with Crippen molar-refractivity contribution in [2.24, 2.45) is 5.92 Å². The molecule has 1 aromatic rings. The van der Waals surface area contributed by atoms with Crippen molar-refractivity contribution in [3.8, 4) is 0 Å². The van der Waals surface area contributed by atoms with Crippen molar-refractivity contribution in [3.05, 3.63) is 32.9 Å². The van der Waals surface area contributed by atoms with E-state index < -0.39 is 0 Å². The van der Waals surface area contributed by atoms with Crippen molar-refractivity contribution in [2.75, 3.05) is 7.05 Å². The highest BCUT2D eigenvalue weighted by atomic mass is 127. The molecule has 0 amide bonds. The first-order chi connectivity index (χ1) is 7.72. The van der Waals surface area contributed by atoms with Crippen LogP contribution in [0.15, 0.2) is 18.2 Å². The molecule has 0 aliphatic heterocycles. The van der Waals surface area contributed by atoms with Crippen LogP contribution in [0.3, 0.4) is 0 Å². The lowest BCUT2D eigenvalue weighted by Gasteiger charge is -2.19. The normalized spacial score (nSPS) is 17.4. The van der Waals surface area contributed by atoms with Gasteiger partial charge in [0.1, 0.15) is 0 Å². The summed E-state index contributed by atoms with van der Waals surface area (Å²) in [5.74, 6) is 1.03. The fourth-order valence-electron chi connectivity index (χ4n) is 2.20. The molecule has 0 aromatic heterocycles. The van der Waals surface area contributed by atoms with E-state index in [4.69, 9.17) is 0 Å². The summed E-state index contributed by atoms with van der Waals surface area (Å²) in [6.45, 7) is 2.19. The molecule has 1 nitrogen and oxygen atoms in total. The molecule has 0 heterocycles. The van der Waals surface area contributed by atoms with Gasteiger partial charge in [-0.3, -0.25) is 0 Å². The summed E-state index contributed by atoms with van der Waals surface area (Å²) in [7, 11) is 2.08. The van der Waals surface area contributed by atoms with Crippen LogP contribution in [0.2, 0.25) is 0 Å². The Morgan fingerprint density at radius 3 is 2.81 bits per heavy atom. The second-order valence-corrected chi connectivity index (χ2v) is 5.92. The van der Waals surface area contributed by atoms with Crippen molar-refractivity contribution in [3.63, 3.8) is 0 Å². The predicted octanol–water partition coefficient (Wildman–Crippen LogP) is 4.05. The van der Waals surface area contributed by atoms with Crippen molar-refractivity contribution >= 4 is 22.6 Å². The first-order valence-electron chi connectivity index (χ1n) is 6.14. The zero-order chi connectivity index (χ0) is 11.5. The minimum atomic E-state index is 0.535.